The van der Waals surface area contributed by atoms with E-state index in [-0.39, 0.29) is 25.0 Å². The molecule has 0 unspecified atom stereocenters. The number of likely N-dealkylation sites (tertiary alicyclic amines) is 1. The average molecular weight is 331 g/mol. The molecule has 0 aromatic heterocycles. The Kier molecular flexibility index (Phi) is 4.63. The minimum atomic E-state index is -0.879. The molecule has 24 heavy (non-hydrogen) atoms. The third-order valence-corrected chi connectivity index (χ3v) is 5.21. The van der Waals surface area contributed by atoms with Crippen LogP contribution in [0.4, 0.5) is 0 Å². The quantitative estimate of drug-likeness (QED) is 0.841. The second-order valence-electron chi connectivity index (χ2n) is 7.21. The van der Waals surface area contributed by atoms with Gasteiger partial charge in [0.1, 0.15) is 18.5 Å². The first-order valence-electron chi connectivity index (χ1n) is 8.64. The lowest BCUT2D eigenvalue weighted by Crippen LogP contribution is -2.41. The van der Waals surface area contributed by atoms with Gasteiger partial charge in [0, 0.05) is 6.42 Å². The van der Waals surface area contributed by atoms with E-state index in [2.05, 4.69) is 0 Å². The number of ether oxygens (including phenoxy) is 1. The molecule has 1 aromatic carbocycles. The predicted octanol–water partition coefficient (Wildman–Crippen LogP) is 2.36. The summed E-state index contributed by atoms with van der Waals surface area (Å²) < 4.78 is 5.65. The number of benzene rings is 1. The van der Waals surface area contributed by atoms with E-state index in [0.29, 0.717) is 12.2 Å². The molecule has 1 aromatic rings. The van der Waals surface area contributed by atoms with E-state index in [4.69, 9.17) is 4.74 Å². The SMILES string of the molecule is Cc1ccc(OC[C@H](O)CN2C(=O)CC3(CCCC3)C2=O)c(C)c1. The zero-order chi connectivity index (χ0) is 17.3. The fourth-order valence-corrected chi connectivity index (χ4v) is 3.90. The first kappa shape index (κ1) is 17.0. The van der Waals surface area contributed by atoms with Gasteiger partial charge in [0.2, 0.25) is 11.8 Å². The van der Waals surface area contributed by atoms with E-state index in [0.717, 1.165) is 36.8 Å². The van der Waals surface area contributed by atoms with Crippen LogP contribution in [-0.2, 0) is 9.59 Å². The van der Waals surface area contributed by atoms with E-state index in [1.54, 1.807) is 0 Å². The van der Waals surface area contributed by atoms with E-state index < -0.39 is 11.5 Å². The Bertz CT molecular complexity index is 649. The van der Waals surface area contributed by atoms with Crippen LogP contribution in [0.5, 0.6) is 5.75 Å². The molecule has 1 saturated carbocycles. The van der Waals surface area contributed by atoms with Crippen molar-refractivity contribution in [2.75, 3.05) is 13.2 Å². The fraction of sp³-hybridized carbons (Fsp3) is 0.579. The van der Waals surface area contributed by atoms with Gasteiger partial charge in [-0.2, -0.15) is 0 Å². The lowest BCUT2D eigenvalue weighted by molar-refractivity contribution is -0.143. The zero-order valence-electron chi connectivity index (χ0n) is 14.4. The van der Waals surface area contributed by atoms with Gasteiger partial charge in [0.05, 0.1) is 12.0 Å². The van der Waals surface area contributed by atoms with Gasteiger partial charge >= 0.3 is 0 Å². The largest absolute Gasteiger partial charge is 0.491 e. The van der Waals surface area contributed by atoms with Crippen molar-refractivity contribution in [3.05, 3.63) is 29.3 Å². The van der Waals surface area contributed by atoms with Crippen molar-refractivity contribution in [3.8, 4) is 5.75 Å². The molecule has 1 heterocycles. The molecule has 1 aliphatic heterocycles. The Balaban J connectivity index is 1.57. The molecule has 1 N–H and O–H groups in total. The van der Waals surface area contributed by atoms with E-state index in [9.17, 15) is 14.7 Å². The highest BCUT2D eigenvalue weighted by atomic mass is 16.5. The van der Waals surface area contributed by atoms with Crippen molar-refractivity contribution in [1.82, 2.24) is 4.90 Å². The second kappa shape index (κ2) is 6.55. The number of hydrogen-bond donors (Lipinski definition) is 1. The van der Waals surface area contributed by atoms with Crippen LogP contribution in [0.1, 0.15) is 43.2 Å². The van der Waals surface area contributed by atoms with Crippen LogP contribution < -0.4 is 4.74 Å². The number of aliphatic hydroxyl groups is 1. The number of carbonyl (C=O) groups is 2. The molecule has 1 aliphatic carbocycles. The van der Waals surface area contributed by atoms with Crippen LogP contribution in [0.2, 0.25) is 0 Å². The summed E-state index contributed by atoms with van der Waals surface area (Å²) in [6.45, 7) is 4.04. The highest BCUT2D eigenvalue weighted by Crippen LogP contribution is 2.46. The molecule has 1 saturated heterocycles. The Hall–Kier alpha value is -1.88. The fourth-order valence-electron chi connectivity index (χ4n) is 3.90. The van der Waals surface area contributed by atoms with Crippen molar-refractivity contribution in [2.24, 2.45) is 5.41 Å². The van der Waals surface area contributed by atoms with Crippen molar-refractivity contribution in [3.63, 3.8) is 0 Å². The standard InChI is InChI=1S/C19H25NO4/c1-13-5-6-16(14(2)9-13)24-12-15(21)11-20-17(22)10-19(18(20)23)7-3-4-8-19/h5-6,9,15,21H,3-4,7-8,10-12H2,1-2H3/t15-/m1/s1. The minimum Gasteiger partial charge on any atom is -0.491 e. The van der Waals surface area contributed by atoms with Crippen molar-refractivity contribution < 1.29 is 19.4 Å². The Labute approximate surface area is 142 Å². The predicted molar refractivity (Wildman–Crippen MR) is 89.7 cm³/mol. The number of nitrogens with zero attached hydrogens (tertiary/aromatic N) is 1. The first-order chi connectivity index (χ1) is 11.4. The van der Waals surface area contributed by atoms with Gasteiger partial charge in [0.15, 0.2) is 0 Å². The number of imide groups is 1. The Morgan fingerprint density at radius 2 is 1.96 bits per heavy atom. The number of rotatable bonds is 5. The van der Waals surface area contributed by atoms with Crippen LogP contribution in [0.15, 0.2) is 18.2 Å². The number of hydrogen-bond acceptors (Lipinski definition) is 4. The van der Waals surface area contributed by atoms with Gasteiger partial charge in [-0.3, -0.25) is 14.5 Å². The normalized spacial score (nSPS) is 20.9. The van der Waals surface area contributed by atoms with Gasteiger partial charge in [-0.1, -0.05) is 30.5 Å². The average Bonchev–Trinajstić information content (AvgIpc) is 3.08. The van der Waals surface area contributed by atoms with Crippen LogP contribution in [0.25, 0.3) is 0 Å². The molecule has 3 rings (SSSR count). The minimum absolute atomic E-state index is 0.0182. The number of aryl methyl sites for hydroxylation is 2. The van der Waals surface area contributed by atoms with Gasteiger partial charge in [-0.25, -0.2) is 0 Å². The lowest BCUT2D eigenvalue weighted by Gasteiger charge is -2.23. The molecule has 0 bridgehead atoms. The summed E-state index contributed by atoms with van der Waals surface area (Å²) in [7, 11) is 0. The highest BCUT2D eigenvalue weighted by Gasteiger charge is 2.52. The van der Waals surface area contributed by atoms with E-state index in [1.807, 2.05) is 32.0 Å². The lowest BCUT2D eigenvalue weighted by atomic mass is 9.84. The van der Waals surface area contributed by atoms with Crippen molar-refractivity contribution in [1.29, 1.82) is 0 Å². The second-order valence-corrected chi connectivity index (χ2v) is 7.21. The van der Waals surface area contributed by atoms with Crippen LogP contribution in [0, 0.1) is 19.3 Å². The zero-order valence-corrected chi connectivity index (χ0v) is 14.4. The molecule has 2 amide bonds. The maximum Gasteiger partial charge on any atom is 0.235 e. The summed E-state index contributed by atoms with van der Waals surface area (Å²) in [5.74, 6) is 0.453. The smallest absolute Gasteiger partial charge is 0.235 e. The number of aliphatic hydroxyl groups excluding tert-OH is 1. The molecule has 1 atom stereocenters. The number of amides is 2. The van der Waals surface area contributed by atoms with Gasteiger partial charge in [0.25, 0.3) is 0 Å². The summed E-state index contributed by atoms with van der Waals surface area (Å²) in [6.07, 6.45) is 3.02. The number of β-amino-alcohol motifs (C(OH)–C–C–N with tert-alkyl or cyclic N) is 1. The molecule has 5 heteroatoms. The first-order valence-corrected chi connectivity index (χ1v) is 8.64. The Morgan fingerprint density at radius 1 is 1.25 bits per heavy atom. The topological polar surface area (TPSA) is 66.8 Å². The maximum absolute atomic E-state index is 12.6. The van der Waals surface area contributed by atoms with Crippen LogP contribution >= 0.6 is 0 Å². The monoisotopic (exact) mass is 331 g/mol. The van der Waals surface area contributed by atoms with Crippen molar-refractivity contribution >= 4 is 11.8 Å². The third-order valence-electron chi connectivity index (χ3n) is 5.21. The molecular formula is C19H25NO4. The summed E-state index contributed by atoms with van der Waals surface area (Å²) in [4.78, 5) is 26.0. The molecule has 2 aliphatic rings. The summed E-state index contributed by atoms with van der Waals surface area (Å²) in [5, 5.41) is 10.2. The van der Waals surface area contributed by atoms with Crippen LogP contribution in [0.3, 0.4) is 0 Å². The van der Waals surface area contributed by atoms with E-state index >= 15 is 0 Å². The molecule has 5 nitrogen and oxygen atoms in total. The summed E-state index contributed by atoms with van der Waals surface area (Å²) >= 11 is 0. The molecule has 0 radical (unpaired) electrons. The number of carbonyl (C=O) groups excluding carboxylic acids is 2. The molecule has 130 valence electrons. The third kappa shape index (κ3) is 3.18. The van der Waals surface area contributed by atoms with Crippen LogP contribution in [-0.4, -0.2) is 41.1 Å². The van der Waals surface area contributed by atoms with Gasteiger partial charge < -0.3 is 9.84 Å². The molecular weight excluding hydrogens is 306 g/mol. The molecule has 1 spiro atoms. The van der Waals surface area contributed by atoms with Gasteiger partial charge in [-0.05, 0) is 38.3 Å². The Morgan fingerprint density at radius 3 is 2.62 bits per heavy atom. The summed E-state index contributed by atoms with van der Waals surface area (Å²) in [6, 6.07) is 5.84. The van der Waals surface area contributed by atoms with Crippen molar-refractivity contribution in [2.45, 2.75) is 52.1 Å². The maximum atomic E-state index is 12.6. The summed E-state index contributed by atoms with van der Waals surface area (Å²) in [5.41, 5.74) is 1.67. The highest BCUT2D eigenvalue weighted by molar-refractivity contribution is 6.06. The van der Waals surface area contributed by atoms with E-state index in [1.165, 1.54) is 4.90 Å². The van der Waals surface area contributed by atoms with Gasteiger partial charge in [-0.15, -0.1) is 0 Å². The molecule has 2 fully saturated rings.